The van der Waals surface area contributed by atoms with Crippen LogP contribution in [-0.2, 0) is 20.7 Å². The lowest BCUT2D eigenvalue weighted by Gasteiger charge is -2.37. The molecule has 0 aliphatic carbocycles. The van der Waals surface area contributed by atoms with E-state index in [2.05, 4.69) is 0 Å². The predicted octanol–water partition coefficient (Wildman–Crippen LogP) is 1.87. The molecular formula is C15H17F2NO3. The fourth-order valence-electron chi connectivity index (χ4n) is 2.84. The molecule has 2 aliphatic rings. The highest BCUT2D eigenvalue weighted by Crippen LogP contribution is 2.31. The lowest BCUT2D eigenvalue weighted by Crippen LogP contribution is -2.47. The molecule has 114 valence electrons. The number of carbonyl (C=O) groups excluding carboxylic acids is 1. The van der Waals surface area contributed by atoms with Crippen LogP contribution in [0.5, 0.6) is 0 Å². The summed E-state index contributed by atoms with van der Waals surface area (Å²) in [6.07, 6.45) is 1.10. The minimum atomic E-state index is -0.943. The number of ether oxygens (including phenoxy) is 2. The van der Waals surface area contributed by atoms with E-state index in [0.717, 1.165) is 6.07 Å². The van der Waals surface area contributed by atoms with Gasteiger partial charge in [0.15, 0.2) is 17.4 Å². The average molecular weight is 297 g/mol. The van der Waals surface area contributed by atoms with E-state index in [-0.39, 0.29) is 17.9 Å². The molecule has 1 amide bonds. The Hall–Kier alpha value is -1.53. The Morgan fingerprint density at radius 3 is 2.52 bits per heavy atom. The van der Waals surface area contributed by atoms with E-state index in [1.165, 1.54) is 12.1 Å². The molecule has 0 N–H and O–H groups in total. The Kier molecular flexibility index (Phi) is 3.91. The van der Waals surface area contributed by atoms with Gasteiger partial charge in [-0.1, -0.05) is 12.1 Å². The number of hydrogen-bond donors (Lipinski definition) is 0. The third-order valence-corrected chi connectivity index (χ3v) is 4.06. The van der Waals surface area contributed by atoms with Crippen molar-refractivity contribution in [3.05, 3.63) is 35.4 Å². The number of amides is 1. The lowest BCUT2D eigenvalue weighted by molar-refractivity contribution is -0.187. The summed E-state index contributed by atoms with van der Waals surface area (Å²) in [4.78, 5) is 13.8. The summed E-state index contributed by atoms with van der Waals surface area (Å²) < 4.78 is 37.9. The van der Waals surface area contributed by atoms with E-state index in [9.17, 15) is 13.6 Å². The van der Waals surface area contributed by atoms with Crippen molar-refractivity contribution in [2.24, 2.45) is 0 Å². The predicted molar refractivity (Wildman–Crippen MR) is 70.5 cm³/mol. The molecule has 2 aliphatic heterocycles. The van der Waals surface area contributed by atoms with Crippen LogP contribution in [0.25, 0.3) is 0 Å². The van der Waals surface area contributed by atoms with Crippen molar-refractivity contribution in [1.29, 1.82) is 0 Å². The topological polar surface area (TPSA) is 38.8 Å². The van der Waals surface area contributed by atoms with Crippen LogP contribution in [0, 0.1) is 11.6 Å². The Bertz CT molecular complexity index is 534. The van der Waals surface area contributed by atoms with Crippen molar-refractivity contribution in [2.45, 2.75) is 25.0 Å². The first kappa shape index (κ1) is 14.4. The second-order valence-corrected chi connectivity index (χ2v) is 5.38. The van der Waals surface area contributed by atoms with Crippen LogP contribution in [0.4, 0.5) is 8.78 Å². The summed E-state index contributed by atoms with van der Waals surface area (Å²) in [6.45, 7) is 2.19. The van der Waals surface area contributed by atoms with Crippen molar-refractivity contribution in [3.63, 3.8) is 0 Å². The van der Waals surface area contributed by atoms with Crippen molar-refractivity contribution in [1.82, 2.24) is 4.90 Å². The van der Waals surface area contributed by atoms with E-state index in [1.54, 1.807) is 4.90 Å². The summed E-state index contributed by atoms with van der Waals surface area (Å²) in [7, 11) is 0. The van der Waals surface area contributed by atoms with Gasteiger partial charge < -0.3 is 14.4 Å². The van der Waals surface area contributed by atoms with Gasteiger partial charge in [-0.2, -0.15) is 0 Å². The molecule has 0 bridgehead atoms. The molecule has 0 aromatic heterocycles. The van der Waals surface area contributed by atoms with Crippen LogP contribution in [-0.4, -0.2) is 42.9 Å². The van der Waals surface area contributed by atoms with Gasteiger partial charge in [0, 0.05) is 31.5 Å². The molecular weight excluding hydrogens is 280 g/mol. The highest BCUT2D eigenvalue weighted by Gasteiger charge is 2.40. The molecule has 2 heterocycles. The maximum absolute atomic E-state index is 13.6. The maximum atomic E-state index is 13.6. The fraction of sp³-hybridized carbons (Fsp3) is 0.533. The van der Waals surface area contributed by atoms with Gasteiger partial charge in [-0.05, 0) is 6.07 Å². The normalized spacial score (nSPS) is 21.0. The molecule has 0 saturated carbocycles. The van der Waals surface area contributed by atoms with Crippen molar-refractivity contribution in [2.75, 3.05) is 26.3 Å². The highest BCUT2D eigenvalue weighted by atomic mass is 19.2. The molecule has 3 rings (SSSR count). The Morgan fingerprint density at radius 2 is 1.86 bits per heavy atom. The first-order valence-corrected chi connectivity index (χ1v) is 7.08. The number of rotatable bonds is 2. The van der Waals surface area contributed by atoms with E-state index in [0.29, 0.717) is 39.1 Å². The molecule has 1 aromatic carbocycles. The smallest absolute Gasteiger partial charge is 0.227 e. The van der Waals surface area contributed by atoms with Crippen LogP contribution < -0.4 is 0 Å². The van der Waals surface area contributed by atoms with Crippen molar-refractivity contribution in [3.8, 4) is 0 Å². The van der Waals surface area contributed by atoms with Crippen LogP contribution in [0.15, 0.2) is 18.2 Å². The number of halogens is 2. The Labute approximate surface area is 121 Å². The fourth-order valence-corrected chi connectivity index (χ4v) is 2.84. The average Bonchev–Trinajstić information content (AvgIpc) is 2.93. The summed E-state index contributed by atoms with van der Waals surface area (Å²) in [5, 5.41) is 0. The van der Waals surface area contributed by atoms with Crippen LogP contribution in [0.3, 0.4) is 0 Å². The zero-order valence-electron chi connectivity index (χ0n) is 11.6. The van der Waals surface area contributed by atoms with Crippen molar-refractivity contribution >= 4 is 5.91 Å². The third kappa shape index (κ3) is 2.91. The van der Waals surface area contributed by atoms with Gasteiger partial charge in [-0.3, -0.25) is 4.79 Å². The minimum Gasteiger partial charge on any atom is -0.347 e. The molecule has 1 aromatic rings. The molecule has 6 heteroatoms. The van der Waals surface area contributed by atoms with Crippen LogP contribution in [0.2, 0.25) is 0 Å². The molecule has 0 atom stereocenters. The monoisotopic (exact) mass is 297 g/mol. The number of piperidine rings is 1. The van der Waals surface area contributed by atoms with Crippen LogP contribution in [0.1, 0.15) is 18.4 Å². The van der Waals surface area contributed by atoms with E-state index < -0.39 is 17.4 Å². The first-order valence-electron chi connectivity index (χ1n) is 7.08. The maximum Gasteiger partial charge on any atom is 0.227 e. The van der Waals surface area contributed by atoms with E-state index in [4.69, 9.17) is 9.47 Å². The third-order valence-electron chi connectivity index (χ3n) is 4.06. The number of likely N-dealkylation sites (tertiary alicyclic amines) is 1. The lowest BCUT2D eigenvalue weighted by atomic mass is 10.0. The van der Waals surface area contributed by atoms with Gasteiger partial charge in [0.1, 0.15) is 0 Å². The molecule has 0 unspecified atom stereocenters. The summed E-state index contributed by atoms with van der Waals surface area (Å²) in [5.41, 5.74) is 0.0913. The van der Waals surface area contributed by atoms with Gasteiger partial charge in [0.05, 0.1) is 19.6 Å². The Morgan fingerprint density at radius 1 is 1.19 bits per heavy atom. The molecule has 21 heavy (non-hydrogen) atoms. The van der Waals surface area contributed by atoms with Crippen molar-refractivity contribution < 1.29 is 23.0 Å². The first-order chi connectivity index (χ1) is 10.1. The van der Waals surface area contributed by atoms with Gasteiger partial charge in [-0.25, -0.2) is 8.78 Å². The quantitative estimate of drug-likeness (QED) is 0.836. The molecule has 1 spiro atoms. The van der Waals surface area contributed by atoms with E-state index >= 15 is 0 Å². The van der Waals surface area contributed by atoms with Crippen LogP contribution >= 0.6 is 0 Å². The van der Waals surface area contributed by atoms with Gasteiger partial charge in [0.2, 0.25) is 5.91 Å². The molecule has 0 radical (unpaired) electrons. The SMILES string of the molecule is O=C(Cc1cccc(F)c1F)N1CCC2(CC1)OCCO2. The zero-order valence-corrected chi connectivity index (χ0v) is 11.6. The highest BCUT2D eigenvalue weighted by molar-refractivity contribution is 5.79. The summed E-state index contributed by atoms with van der Waals surface area (Å²) >= 11 is 0. The second kappa shape index (κ2) is 5.69. The largest absolute Gasteiger partial charge is 0.347 e. The van der Waals surface area contributed by atoms with Gasteiger partial charge >= 0.3 is 0 Å². The molecule has 2 saturated heterocycles. The molecule has 4 nitrogen and oxygen atoms in total. The summed E-state index contributed by atoms with van der Waals surface area (Å²) in [5.74, 6) is -2.61. The summed E-state index contributed by atoms with van der Waals surface area (Å²) in [6, 6.07) is 3.89. The number of carbonyl (C=O) groups is 1. The van der Waals surface area contributed by atoms with Gasteiger partial charge in [0.25, 0.3) is 0 Å². The van der Waals surface area contributed by atoms with Gasteiger partial charge in [-0.15, -0.1) is 0 Å². The number of nitrogens with zero attached hydrogens (tertiary/aromatic N) is 1. The number of benzene rings is 1. The zero-order chi connectivity index (χ0) is 14.9. The standard InChI is InChI=1S/C15H17F2NO3/c16-12-3-1-2-11(14(12)17)10-13(19)18-6-4-15(5-7-18)20-8-9-21-15/h1-3H,4-10H2. The Balaban J connectivity index is 1.60. The van der Waals surface area contributed by atoms with E-state index in [1.807, 2.05) is 0 Å². The minimum absolute atomic E-state index is 0.0913. The molecule has 2 fully saturated rings. The number of hydrogen-bond acceptors (Lipinski definition) is 3. The second-order valence-electron chi connectivity index (χ2n) is 5.38.